The predicted molar refractivity (Wildman–Crippen MR) is 141 cm³/mol. The van der Waals surface area contributed by atoms with Crippen LogP contribution in [-0.4, -0.2) is 28.8 Å². The van der Waals surface area contributed by atoms with Gasteiger partial charge in [0.15, 0.2) is 0 Å². The number of hydrogen-bond acceptors (Lipinski definition) is 4. The number of hydrogen-bond donors (Lipinski definition) is 2. The van der Waals surface area contributed by atoms with Crippen LogP contribution in [0.2, 0.25) is 5.02 Å². The van der Waals surface area contributed by atoms with Gasteiger partial charge in [-0.1, -0.05) is 60.2 Å². The van der Waals surface area contributed by atoms with Gasteiger partial charge >= 0.3 is 5.97 Å². The Labute approximate surface area is 207 Å². The summed E-state index contributed by atoms with van der Waals surface area (Å²) in [6, 6.07) is 18.7. The van der Waals surface area contributed by atoms with Crippen LogP contribution in [0.15, 0.2) is 71.7 Å². The van der Waals surface area contributed by atoms with Gasteiger partial charge in [-0.3, -0.25) is 9.79 Å². The van der Waals surface area contributed by atoms with Crippen molar-refractivity contribution in [3.63, 3.8) is 0 Å². The molecule has 0 radical (unpaired) electrons. The second-order valence-corrected chi connectivity index (χ2v) is 8.50. The lowest BCUT2D eigenvalue weighted by molar-refractivity contribution is -0.137. The number of anilines is 1. The van der Waals surface area contributed by atoms with Gasteiger partial charge in [0.1, 0.15) is 11.9 Å². The summed E-state index contributed by atoms with van der Waals surface area (Å²) in [4.78, 5) is 20.4. The first-order valence-electron chi connectivity index (χ1n) is 10.9. The monoisotopic (exact) mass is 487 g/mol. The minimum Gasteiger partial charge on any atom is -0.480 e. The van der Waals surface area contributed by atoms with Crippen LogP contribution in [0, 0.1) is 5.82 Å². The fourth-order valence-electron chi connectivity index (χ4n) is 3.74. The number of halogens is 2. The highest BCUT2D eigenvalue weighted by atomic mass is 35.5. The van der Waals surface area contributed by atoms with Crippen LogP contribution in [-0.2, 0) is 11.3 Å². The SMILES string of the molecule is C=NCc1c(-c2ccc(/C=C/c3ccc(Cl)cc3)cc2)nc2ccc(F)cc2c1NC(C)C(=O)O. The first-order valence-corrected chi connectivity index (χ1v) is 11.3. The molecule has 7 heteroatoms. The Morgan fingerprint density at radius 2 is 1.74 bits per heavy atom. The Bertz CT molecular complexity index is 1420. The van der Waals surface area contributed by atoms with Gasteiger partial charge in [-0.25, -0.2) is 9.37 Å². The Morgan fingerprint density at radius 3 is 2.34 bits per heavy atom. The van der Waals surface area contributed by atoms with Gasteiger partial charge in [0.2, 0.25) is 0 Å². The Kier molecular flexibility index (Phi) is 7.22. The molecule has 0 aliphatic heterocycles. The summed E-state index contributed by atoms with van der Waals surface area (Å²) in [7, 11) is 0. The number of carbonyl (C=O) groups is 1. The molecule has 3 aromatic carbocycles. The van der Waals surface area contributed by atoms with E-state index in [1.807, 2.05) is 60.7 Å². The molecule has 0 aliphatic rings. The fourth-order valence-corrected chi connectivity index (χ4v) is 3.87. The molecule has 0 amide bonds. The molecular formula is C28H23ClFN3O2. The van der Waals surface area contributed by atoms with Crippen molar-refractivity contribution in [1.29, 1.82) is 0 Å². The maximum absolute atomic E-state index is 14.1. The van der Waals surface area contributed by atoms with Gasteiger partial charge in [-0.2, -0.15) is 0 Å². The number of benzene rings is 3. The first kappa shape index (κ1) is 24.1. The molecule has 176 valence electrons. The topological polar surface area (TPSA) is 74.6 Å². The quantitative estimate of drug-likeness (QED) is 0.208. The molecule has 1 heterocycles. The van der Waals surface area contributed by atoms with Crippen molar-refractivity contribution >= 4 is 53.0 Å². The van der Waals surface area contributed by atoms with Crippen LogP contribution in [0.1, 0.15) is 23.6 Å². The lowest BCUT2D eigenvalue weighted by atomic mass is 9.99. The van der Waals surface area contributed by atoms with Gasteiger partial charge in [0.25, 0.3) is 0 Å². The first-order chi connectivity index (χ1) is 16.9. The van der Waals surface area contributed by atoms with Crippen LogP contribution in [0.3, 0.4) is 0 Å². The molecule has 4 aromatic rings. The summed E-state index contributed by atoms with van der Waals surface area (Å²) in [6.45, 7) is 5.31. The normalized spacial score (nSPS) is 12.1. The van der Waals surface area contributed by atoms with E-state index in [9.17, 15) is 14.3 Å². The number of nitrogens with one attached hydrogen (secondary N) is 1. The number of carboxylic acids is 1. The molecule has 0 spiro atoms. The van der Waals surface area contributed by atoms with Crippen molar-refractivity contribution in [3.8, 4) is 11.3 Å². The third-order valence-electron chi connectivity index (χ3n) is 5.57. The maximum atomic E-state index is 14.1. The summed E-state index contributed by atoms with van der Waals surface area (Å²) >= 11 is 5.95. The second-order valence-electron chi connectivity index (χ2n) is 8.07. The molecule has 0 saturated heterocycles. The Hall–Kier alpha value is -4.03. The molecule has 1 atom stereocenters. The largest absolute Gasteiger partial charge is 0.480 e. The smallest absolute Gasteiger partial charge is 0.325 e. The Balaban J connectivity index is 1.78. The molecule has 4 rings (SSSR count). The molecule has 0 bridgehead atoms. The maximum Gasteiger partial charge on any atom is 0.325 e. The summed E-state index contributed by atoms with van der Waals surface area (Å²) in [5, 5.41) is 13.6. The number of rotatable bonds is 8. The highest BCUT2D eigenvalue weighted by molar-refractivity contribution is 6.30. The molecule has 0 fully saturated rings. The minimum atomic E-state index is -1.03. The van der Waals surface area contributed by atoms with Crippen LogP contribution in [0.4, 0.5) is 10.1 Å². The van der Waals surface area contributed by atoms with E-state index in [2.05, 4.69) is 17.0 Å². The second kappa shape index (κ2) is 10.5. The van der Waals surface area contributed by atoms with Crippen molar-refractivity contribution in [2.24, 2.45) is 4.99 Å². The lowest BCUT2D eigenvalue weighted by Gasteiger charge is -2.20. The van der Waals surface area contributed by atoms with E-state index in [1.165, 1.54) is 19.1 Å². The average Bonchev–Trinajstić information content (AvgIpc) is 2.85. The van der Waals surface area contributed by atoms with Crippen molar-refractivity contribution in [1.82, 2.24) is 4.98 Å². The average molecular weight is 488 g/mol. The number of aromatic nitrogens is 1. The third kappa shape index (κ3) is 5.55. The highest BCUT2D eigenvalue weighted by Crippen LogP contribution is 2.35. The van der Waals surface area contributed by atoms with Gasteiger partial charge < -0.3 is 10.4 Å². The Morgan fingerprint density at radius 1 is 1.11 bits per heavy atom. The van der Waals surface area contributed by atoms with E-state index < -0.39 is 17.8 Å². The molecule has 1 unspecified atom stereocenters. The van der Waals surface area contributed by atoms with E-state index in [1.54, 1.807) is 6.07 Å². The van der Waals surface area contributed by atoms with Crippen molar-refractivity contribution in [2.75, 3.05) is 5.32 Å². The number of aliphatic imine (C=N–C) groups is 1. The van der Waals surface area contributed by atoms with E-state index in [0.717, 1.165) is 16.7 Å². The number of fused-ring (bicyclic) bond motifs is 1. The zero-order chi connectivity index (χ0) is 24.9. The summed E-state index contributed by atoms with van der Waals surface area (Å²) in [5.74, 6) is -1.46. The number of carboxylic acid groups (broad SMARTS) is 1. The van der Waals surface area contributed by atoms with Crippen molar-refractivity contribution in [3.05, 3.63) is 94.3 Å². The van der Waals surface area contributed by atoms with E-state index in [0.29, 0.717) is 32.9 Å². The summed E-state index contributed by atoms with van der Waals surface area (Å²) < 4.78 is 14.1. The number of aliphatic carboxylic acids is 1. The van der Waals surface area contributed by atoms with Crippen LogP contribution in [0.5, 0.6) is 0 Å². The summed E-state index contributed by atoms with van der Waals surface area (Å²) in [5.41, 5.74) is 5.15. The van der Waals surface area contributed by atoms with Crippen LogP contribution < -0.4 is 5.32 Å². The molecular weight excluding hydrogens is 465 g/mol. The van der Waals surface area contributed by atoms with Crippen LogP contribution >= 0.6 is 11.6 Å². The predicted octanol–water partition coefficient (Wildman–Crippen LogP) is 6.95. The van der Waals surface area contributed by atoms with E-state index in [4.69, 9.17) is 16.6 Å². The van der Waals surface area contributed by atoms with Gasteiger partial charge in [0, 0.05) is 21.5 Å². The standard InChI is InChI=1S/C28H23ClFN3O2/c1-17(28(34)35)32-27-23-15-22(30)13-14-25(23)33-26(24(27)16-31-2)20-9-5-18(6-10-20)3-4-19-7-11-21(29)12-8-19/h3-15,17H,2,16H2,1H3,(H,32,33)(H,34,35)/b4-3+. The number of pyridine rings is 1. The highest BCUT2D eigenvalue weighted by Gasteiger charge is 2.20. The zero-order valence-electron chi connectivity index (χ0n) is 19.0. The van der Waals surface area contributed by atoms with Gasteiger partial charge in [0.05, 0.1) is 23.4 Å². The van der Waals surface area contributed by atoms with Crippen molar-refractivity contribution in [2.45, 2.75) is 19.5 Å². The molecule has 1 aromatic heterocycles. The van der Waals surface area contributed by atoms with Gasteiger partial charge in [-0.05, 0) is 55.1 Å². The summed E-state index contributed by atoms with van der Waals surface area (Å²) in [6.07, 6.45) is 3.99. The fraction of sp³-hybridized carbons (Fsp3) is 0.107. The third-order valence-corrected chi connectivity index (χ3v) is 5.82. The molecule has 0 saturated carbocycles. The molecule has 0 aliphatic carbocycles. The van der Waals surface area contributed by atoms with Gasteiger partial charge in [-0.15, -0.1) is 0 Å². The van der Waals surface area contributed by atoms with E-state index in [-0.39, 0.29) is 6.54 Å². The lowest BCUT2D eigenvalue weighted by Crippen LogP contribution is -2.26. The number of nitrogens with zero attached hydrogens (tertiary/aromatic N) is 2. The molecule has 5 nitrogen and oxygen atoms in total. The molecule has 2 N–H and O–H groups in total. The zero-order valence-corrected chi connectivity index (χ0v) is 19.8. The minimum absolute atomic E-state index is 0.182. The molecule has 35 heavy (non-hydrogen) atoms. The van der Waals surface area contributed by atoms with Crippen molar-refractivity contribution < 1.29 is 14.3 Å². The van der Waals surface area contributed by atoms with E-state index >= 15 is 0 Å². The van der Waals surface area contributed by atoms with Crippen LogP contribution in [0.25, 0.3) is 34.3 Å².